The number of aromatic nitrogens is 1. The Kier molecular flexibility index (Phi) is 2.89. The van der Waals surface area contributed by atoms with Crippen LogP contribution >= 0.6 is 0 Å². The molecular weight excluding hydrogens is 246 g/mol. The third-order valence-electron chi connectivity index (χ3n) is 4.31. The van der Waals surface area contributed by atoms with Crippen LogP contribution in [0.3, 0.4) is 0 Å². The highest BCUT2D eigenvalue weighted by Gasteiger charge is 2.16. The van der Waals surface area contributed by atoms with Crippen LogP contribution < -0.4 is 0 Å². The van der Waals surface area contributed by atoms with E-state index >= 15 is 0 Å². The van der Waals surface area contributed by atoms with Gasteiger partial charge in [0, 0.05) is 5.56 Å². The smallest absolute Gasteiger partial charge is 0.227 e. The molecule has 0 radical (unpaired) electrons. The van der Waals surface area contributed by atoms with Crippen molar-refractivity contribution in [3.8, 4) is 11.5 Å². The lowest BCUT2D eigenvalue weighted by atomic mass is 9.98. The molecule has 0 bridgehead atoms. The molecule has 2 nitrogen and oxygen atoms in total. The van der Waals surface area contributed by atoms with Gasteiger partial charge in [-0.15, -0.1) is 0 Å². The Hall–Kier alpha value is -2.09. The topological polar surface area (TPSA) is 26.0 Å². The fraction of sp³-hybridized carbons (Fsp3) is 0.278. The lowest BCUT2D eigenvalue weighted by Gasteiger charge is -2.07. The minimum Gasteiger partial charge on any atom is -0.436 e. The van der Waals surface area contributed by atoms with Crippen LogP contribution in [0.25, 0.3) is 22.6 Å². The van der Waals surface area contributed by atoms with E-state index in [1.807, 2.05) is 0 Å². The molecule has 3 aromatic rings. The predicted octanol–water partition coefficient (Wildman–Crippen LogP) is 5.04. The van der Waals surface area contributed by atoms with Gasteiger partial charge in [-0.1, -0.05) is 17.7 Å². The van der Waals surface area contributed by atoms with Gasteiger partial charge in [-0.3, -0.25) is 0 Å². The van der Waals surface area contributed by atoms with Gasteiger partial charge in [0.15, 0.2) is 5.58 Å². The Morgan fingerprint density at radius 3 is 2.00 bits per heavy atom. The summed E-state index contributed by atoms with van der Waals surface area (Å²) in [6, 6.07) is 8.29. The average molecular weight is 265 g/mol. The summed E-state index contributed by atoms with van der Waals surface area (Å²) >= 11 is 0. The second kappa shape index (κ2) is 4.48. The second-order valence-electron chi connectivity index (χ2n) is 5.56. The van der Waals surface area contributed by atoms with Gasteiger partial charge in [0.2, 0.25) is 5.89 Å². The maximum absolute atomic E-state index is 6.03. The van der Waals surface area contributed by atoms with Crippen molar-refractivity contribution < 1.29 is 4.42 Å². The van der Waals surface area contributed by atoms with Crippen LogP contribution in [0.4, 0.5) is 0 Å². The molecule has 0 fully saturated rings. The molecule has 0 saturated carbocycles. The van der Waals surface area contributed by atoms with E-state index in [1.165, 1.54) is 27.8 Å². The monoisotopic (exact) mass is 265 g/mol. The van der Waals surface area contributed by atoms with E-state index in [0.717, 1.165) is 16.7 Å². The molecule has 20 heavy (non-hydrogen) atoms. The number of nitrogens with zero attached hydrogens (tertiary/aromatic N) is 1. The van der Waals surface area contributed by atoms with Crippen LogP contribution in [0.5, 0.6) is 0 Å². The Balaban J connectivity index is 2.28. The van der Waals surface area contributed by atoms with Crippen molar-refractivity contribution in [2.24, 2.45) is 0 Å². The number of hydrogen-bond donors (Lipinski definition) is 0. The van der Waals surface area contributed by atoms with Crippen molar-refractivity contribution >= 4 is 11.1 Å². The first kappa shape index (κ1) is 12.9. The highest BCUT2D eigenvalue weighted by Crippen LogP contribution is 2.32. The van der Waals surface area contributed by atoms with Gasteiger partial charge < -0.3 is 4.42 Å². The second-order valence-corrected chi connectivity index (χ2v) is 5.56. The van der Waals surface area contributed by atoms with Gasteiger partial charge in [-0.05, 0) is 69.0 Å². The quantitative estimate of drug-likeness (QED) is 0.616. The van der Waals surface area contributed by atoms with Crippen LogP contribution in [0.2, 0.25) is 0 Å². The van der Waals surface area contributed by atoms with E-state index in [2.05, 4.69) is 58.9 Å². The van der Waals surface area contributed by atoms with E-state index in [0.29, 0.717) is 5.89 Å². The predicted molar refractivity (Wildman–Crippen MR) is 83.1 cm³/mol. The molecule has 0 aliphatic carbocycles. The molecule has 0 N–H and O–H groups in total. The minimum atomic E-state index is 0.705. The summed E-state index contributed by atoms with van der Waals surface area (Å²) in [6.45, 7) is 10.6. The van der Waals surface area contributed by atoms with Crippen LogP contribution in [-0.2, 0) is 0 Å². The van der Waals surface area contributed by atoms with Crippen molar-refractivity contribution in [2.45, 2.75) is 34.6 Å². The first-order valence-corrected chi connectivity index (χ1v) is 6.93. The largest absolute Gasteiger partial charge is 0.436 e. The number of benzene rings is 2. The summed E-state index contributed by atoms with van der Waals surface area (Å²) in [5.74, 6) is 0.705. The lowest BCUT2D eigenvalue weighted by molar-refractivity contribution is 0.617. The third-order valence-corrected chi connectivity index (χ3v) is 4.31. The maximum Gasteiger partial charge on any atom is 0.227 e. The van der Waals surface area contributed by atoms with E-state index in [4.69, 9.17) is 9.40 Å². The highest BCUT2D eigenvalue weighted by molar-refractivity contribution is 5.84. The zero-order valence-corrected chi connectivity index (χ0v) is 12.7. The van der Waals surface area contributed by atoms with Crippen molar-refractivity contribution in [3.05, 3.63) is 52.1 Å². The van der Waals surface area contributed by atoms with Crippen LogP contribution in [0.15, 0.2) is 28.7 Å². The van der Waals surface area contributed by atoms with Gasteiger partial charge in [0.25, 0.3) is 0 Å². The summed E-state index contributed by atoms with van der Waals surface area (Å²) in [6.07, 6.45) is 0. The van der Waals surface area contributed by atoms with E-state index in [1.54, 1.807) is 0 Å². The van der Waals surface area contributed by atoms with Crippen molar-refractivity contribution in [1.82, 2.24) is 4.98 Å². The molecule has 2 aromatic carbocycles. The van der Waals surface area contributed by atoms with Crippen LogP contribution in [-0.4, -0.2) is 4.98 Å². The number of hydrogen-bond acceptors (Lipinski definition) is 2. The lowest BCUT2D eigenvalue weighted by Crippen LogP contribution is -1.92. The Labute approximate surface area is 119 Å². The fourth-order valence-corrected chi connectivity index (χ4v) is 2.56. The number of rotatable bonds is 1. The first-order valence-electron chi connectivity index (χ1n) is 6.93. The SMILES string of the molecule is Cc1ccc(-c2nc3c(C)c(C)c(C)c(C)c3o2)cc1. The summed E-state index contributed by atoms with van der Waals surface area (Å²) in [4.78, 5) is 4.71. The minimum absolute atomic E-state index is 0.705. The molecule has 0 atom stereocenters. The van der Waals surface area contributed by atoms with Gasteiger partial charge >= 0.3 is 0 Å². The van der Waals surface area contributed by atoms with Crippen molar-refractivity contribution in [3.63, 3.8) is 0 Å². The molecule has 0 amide bonds. The van der Waals surface area contributed by atoms with Crippen molar-refractivity contribution in [1.29, 1.82) is 0 Å². The normalized spacial score (nSPS) is 11.2. The first-order chi connectivity index (χ1) is 9.49. The van der Waals surface area contributed by atoms with E-state index in [9.17, 15) is 0 Å². The summed E-state index contributed by atoms with van der Waals surface area (Å²) < 4.78 is 6.03. The summed E-state index contributed by atoms with van der Waals surface area (Å²) in [7, 11) is 0. The molecular formula is C18H19NO. The van der Waals surface area contributed by atoms with E-state index < -0.39 is 0 Å². The number of oxazole rings is 1. The maximum atomic E-state index is 6.03. The van der Waals surface area contributed by atoms with Crippen molar-refractivity contribution in [2.75, 3.05) is 0 Å². The zero-order chi connectivity index (χ0) is 14.4. The molecule has 1 aromatic heterocycles. The molecule has 3 rings (SSSR count). The third kappa shape index (κ3) is 1.83. The molecule has 0 spiro atoms. The van der Waals surface area contributed by atoms with Crippen LogP contribution in [0, 0.1) is 34.6 Å². The zero-order valence-electron chi connectivity index (χ0n) is 12.7. The number of aryl methyl sites for hydroxylation is 3. The highest BCUT2D eigenvalue weighted by atomic mass is 16.3. The number of fused-ring (bicyclic) bond motifs is 1. The summed E-state index contributed by atoms with van der Waals surface area (Å²) in [5.41, 5.74) is 9.17. The van der Waals surface area contributed by atoms with Gasteiger partial charge in [-0.25, -0.2) is 4.98 Å². The molecule has 2 heteroatoms. The standard InChI is InChI=1S/C18H19NO/c1-10-6-8-15(9-7-10)18-19-16-13(4)11(2)12(3)14(5)17(16)20-18/h6-9H,1-5H3. The van der Waals surface area contributed by atoms with Gasteiger partial charge in [0.1, 0.15) is 5.52 Å². The molecule has 0 aliphatic heterocycles. The van der Waals surface area contributed by atoms with E-state index in [-0.39, 0.29) is 0 Å². The van der Waals surface area contributed by atoms with Gasteiger partial charge in [-0.2, -0.15) is 0 Å². The molecule has 0 unspecified atom stereocenters. The molecule has 0 saturated heterocycles. The van der Waals surface area contributed by atoms with Crippen LogP contribution in [0.1, 0.15) is 27.8 Å². The Morgan fingerprint density at radius 1 is 0.750 bits per heavy atom. The molecule has 102 valence electrons. The molecule has 1 heterocycles. The van der Waals surface area contributed by atoms with Gasteiger partial charge in [0.05, 0.1) is 0 Å². The Morgan fingerprint density at radius 2 is 1.35 bits per heavy atom. The Bertz CT molecular complexity index is 750. The molecule has 0 aliphatic rings. The fourth-order valence-electron chi connectivity index (χ4n) is 2.56. The average Bonchev–Trinajstić information content (AvgIpc) is 2.89. The summed E-state index contributed by atoms with van der Waals surface area (Å²) in [5, 5.41) is 0.